The van der Waals surface area contributed by atoms with E-state index in [0.717, 1.165) is 11.3 Å². The van der Waals surface area contributed by atoms with Crippen LogP contribution < -0.4 is 0 Å². The van der Waals surface area contributed by atoms with E-state index in [1.165, 1.54) is 0 Å². The lowest BCUT2D eigenvalue weighted by Gasteiger charge is -2.16. The van der Waals surface area contributed by atoms with Crippen LogP contribution in [0.25, 0.3) is 5.69 Å². The maximum Gasteiger partial charge on any atom is 0.308 e. The second kappa shape index (κ2) is 5.40. The molecule has 2 heterocycles. The third kappa shape index (κ3) is 2.79. The van der Waals surface area contributed by atoms with Crippen molar-refractivity contribution in [2.75, 3.05) is 6.54 Å². The Kier molecular flexibility index (Phi) is 3.43. The first-order valence-corrected chi connectivity index (χ1v) is 6.73. The van der Waals surface area contributed by atoms with Crippen LogP contribution in [0.15, 0.2) is 42.7 Å². The predicted octanol–water partition coefficient (Wildman–Crippen LogP) is 1.31. The fourth-order valence-corrected chi connectivity index (χ4v) is 2.53. The van der Waals surface area contributed by atoms with Gasteiger partial charge in [-0.15, -0.1) is 0 Å². The largest absolute Gasteiger partial charge is 0.481 e. The lowest BCUT2D eigenvalue weighted by atomic mass is 10.1. The summed E-state index contributed by atoms with van der Waals surface area (Å²) in [5.41, 5.74) is 1.88. The van der Waals surface area contributed by atoms with E-state index >= 15 is 0 Å². The number of carboxylic acids is 1. The van der Waals surface area contributed by atoms with Crippen molar-refractivity contribution in [1.29, 1.82) is 0 Å². The molecule has 1 amide bonds. The van der Waals surface area contributed by atoms with Crippen LogP contribution in [0.3, 0.4) is 0 Å². The Morgan fingerprint density at radius 1 is 1.38 bits per heavy atom. The lowest BCUT2D eigenvalue weighted by molar-refractivity contribution is -0.141. The molecule has 6 nitrogen and oxygen atoms in total. The molecule has 0 saturated carbocycles. The fourth-order valence-electron chi connectivity index (χ4n) is 2.53. The van der Waals surface area contributed by atoms with E-state index in [9.17, 15) is 9.59 Å². The highest BCUT2D eigenvalue weighted by Crippen LogP contribution is 2.21. The van der Waals surface area contributed by atoms with Crippen LogP contribution >= 0.6 is 0 Å². The van der Waals surface area contributed by atoms with Crippen molar-refractivity contribution in [3.8, 4) is 5.69 Å². The van der Waals surface area contributed by atoms with Crippen LogP contribution in [-0.2, 0) is 16.1 Å². The molecule has 1 atom stereocenters. The van der Waals surface area contributed by atoms with Gasteiger partial charge in [0, 0.05) is 31.9 Å². The number of rotatable bonds is 4. The third-order valence-corrected chi connectivity index (χ3v) is 3.62. The topological polar surface area (TPSA) is 75.4 Å². The standard InChI is InChI=1S/C15H15N3O3/c19-14-8-12(15(20)21)10-17(14)9-11-3-1-4-13(7-11)18-6-2-5-16-18/h1-7,12H,8-10H2,(H,20,21). The summed E-state index contributed by atoms with van der Waals surface area (Å²) in [6, 6.07) is 9.56. The van der Waals surface area contributed by atoms with Crippen molar-refractivity contribution in [3.05, 3.63) is 48.3 Å². The normalized spacial score (nSPS) is 18.2. The Bertz CT molecular complexity index is 667. The van der Waals surface area contributed by atoms with Crippen LogP contribution in [0.4, 0.5) is 0 Å². The first-order valence-electron chi connectivity index (χ1n) is 6.73. The van der Waals surface area contributed by atoms with E-state index in [4.69, 9.17) is 5.11 Å². The van der Waals surface area contributed by atoms with E-state index in [1.54, 1.807) is 15.8 Å². The molecule has 1 aromatic heterocycles. The molecule has 2 aromatic rings. The minimum Gasteiger partial charge on any atom is -0.481 e. The van der Waals surface area contributed by atoms with Gasteiger partial charge in [-0.25, -0.2) is 4.68 Å². The fraction of sp³-hybridized carbons (Fsp3) is 0.267. The van der Waals surface area contributed by atoms with Crippen molar-refractivity contribution in [2.45, 2.75) is 13.0 Å². The van der Waals surface area contributed by atoms with Gasteiger partial charge in [0.25, 0.3) is 0 Å². The molecule has 21 heavy (non-hydrogen) atoms. The molecule has 1 unspecified atom stereocenters. The average Bonchev–Trinajstić information content (AvgIpc) is 3.10. The van der Waals surface area contributed by atoms with E-state index in [2.05, 4.69) is 5.10 Å². The first kappa shape index (κ1) is 13.4. The molecule has 0 radical (unpaired) electrons. The van der Waals surface area contributed by atoms with Gasteiger partial charge in [0.2, 0.25) is 5.91 Å². The first-order chi connectivity index (χ1) is 10.1. The number of carbonyl (C=O) groups excluding carboxylic acids is 1. The molecule has 1 aliphatic heterocycles. The molecule has 0 bridgehead atoms. The zero-order chi connectivity index (χ0) is 14.8. The van der Waals surface area contributed by atoms with Crippen molar-refractivity contribution >= 4 is 11.9 Å². The number of hydrogen-bond donors (Lipinski definition) is 1. The highest BCUT2D eigenvalue weighted by Gasteiger charge is 2.34. The van der Waals surface area contributed by atoms with Crippen molar-refractivity contribution in [1.82, 2.24) is 14.7 Å². The van der Waals surface area contributed by atoms with E-state index in [0.29, 0.717) is 6.54 Å². The molecular formula is C15H15N3O3. The quantitative estimate of drug-likeness (QED) is 0.919. The molecule has 1 fully saturated rings. The summed E-state index contributed by atoms with van der Waals surface area (Å²) in [6.45, 7) is 0.706. The minimum absolute atomic E-state index is 0.0914. The second-order valence-electron chi connectivity index (χ2n) is 5.13. The van der Waals surface area contributed by atoms with E-state index in [1.807, 2.05) is 36.5 Å². The van der Waals surface area contributed by atoms with E-state index in [-0.39, 0.29) is 18.9 Å². The number of benzene rings is 1. The number of carboxylic acid groups (broad SMARTS) is 1. The summed E-state index contributed by atoms with van der Waals surface area (Å²) < 4.78 is 1.75. The maximum atomic E-state index is 11.9. The van der Waals surface area contributed by atoms with Gasteiger partial charge in [-0.2, -0.15) is 5.10 Å². The molecule has 6 heteroatoms. The smallest absolute Gasteiger partial charge is 0.308 e. The zero-order valence-corrected chi connectivity index (χ0v) is 11.3. The van der Waals surface area contributed by atoms with Crippen LogP contribution in [0, 0.1) is 5.92 Å². The highest BCUT2D eigenvalue weighted by molar-refractivity contribution is 5.86. The molecule has 3 rings (SSSR count). The van der Waals surface area contributed by atoms with Gasteiger partial charge >= 0.3 is 5.97 Å². The van der Waals surface area contributed by atoms with Gasteiger partial charge in [-0.05, 0) is 23.8 Å². The van der Waals surface area contributed by atoms with Crippen LogP contribution in [0.5, 0.6) is 0 Å². The number of aromatic nitrogens is 2. The summed E-state index contributed by atoms with van der Waals surface area (Å²) in [6.07, 6.45) is 3.64. The molecule has 1 aliphatic rings. The van der Waals surface area contributed by atoms with E-state index < -0.39 is 11.9 Å². The minimum atomic E-state index is -0.906. The summed E-state index contributed by atoms with van der Waals surface area (Å²) >= 11 is 0. The van der Waals surface area contributed by atoms with Gasteiger partial charge < -0.3 is 10.0 Å². The predicted molar refractivity (Wildman–Crippen MR) is 74.7 cm³/mol. The maximum absolute atomic E-state index is 11.9. The Hall–Kier alpha value is -2.63. The number of carbonyl (C=O) groups is 2. The Labute approximate surface area is 121 Å². The van der Waals surface area contributed by atoms with Gasteiger partial charge in [0.05, 0.1) is 11.6 Å². The zero-order valence-electron chi connectivity index (χ0n) is 11.3. The lowest BCUT2D eigenvalue weighted by Crippen LogP contribution is -2.25. The Balaban J connectivity index is 1.75. The number of nitrogens with zero attached hydrogens (tertiary/aromatic N) is 3. The summed E-state index contributed by atoms with van der Waals surface area (Å²) in [5, 5.41) is 13.2. The summed E-state index contributed by atoms with van der Waals surface area (Å²) in [7, 11) is 0. The average molecular weight is 285 g/mol. The number of aliphatic carboxylic acids is 1. The van der Waals surface area contributed by atoms with Gasteiger partial charge in [-0.3, -0.25) is 9.59 Å². The van der Waals surface area contributed by atoms with Crippen LogP contribution in [0.1, 0.15) is 12.0 Å². The third-order valence-electron chi connectivity index (χ3n) is 3.62. The van der Waals surface area contributed by atoms with Crippen molar-refractivity contribution < 1.29 is 14.7 Å². The van der Waals surface area contributed by atoms with Gasteiger partial charge in [-0.1, -0.05) is 12.1 Å². The van der Waals surface area contributed by atoms with Crippen LogP contribution in [-0.4, -0.2) is 38.2 Å². The molecular weight excluding hydrogens is 270 g/mol. The molecule has 0 spiro atoms. The Morgan fingerprint density at radius 3 is 2.90 bits per heavy atom. The number of likely N-dealkylation sites (tertiary alicyclic amines) is 1. The van der Waals surface area contributed by atoms with Gasteiger partial charge in [0.1, 0.15) is 0 Å². The van der Waals surface area contributed by atoms with Crippen LogP contribution in [0.2, 0.25) is 0 Å². The van der Waals surface area contributed by atoms with Crippen molar-refractivity contribution in [3.63, 3.8) is 0 Å². The van der Waals surface area contributed by atoms with Gasteiger partial charge in [0.15, 0.2) is 0 Å². The highest BCUT2D eigenvalue weighted by atomic mass is 16.4. The number of hydrogen-bond acceptors (Lipinski definition) is 3. The summed E-state index contributed by atoms with van der Waals surface area (Å²) in [4.78, 5) is 24.4. The monoisotopic (exact) mass is 285 g/mol. The molecule has 1 N–H and O–H groups in total. The number of amides is 1. The molecule has 1 aromatic carbocycles. The second-order valence-corrected chi connectivity index (χ2v) is 5.13. The SMILES string of the molecule is O=C(O)C1CC(=O)N(Cc2cccc(-n3cccn3)c2)C1. The summed E-state index contributed by atoms with van der Waals surface area (Å²) in [5.74, 6) is -1.60. The Morgan fingerprint density at radius 2 is 2.24 bits per heavy atom. The molecule has 108 valence electrons. The molecule has 1 saturated heterocycles. The molecule has 0 aliphatic carbocycles. The van der Waals surface area contributed by atoms with Crippen molar-refractivity contribution in [2.24, 2.45) is 5.92 Å².